The van der Waals surface area contributed by atoms with Gasteiger partial charge in [-0.1, -0.05) is 26.7 Å². The number of hydrogen-bond donors (Lipinski definition) is 3. The molecule has 0 heterocycles. The standard InChI is InChI=1S/C13H25N3O2/c1-9(2)10-5-3-4-6-11(10)16-13(18)8-15-12(17)7-14/h9-11H,3-8,14H2,1-2H3,(H,15,17)(H,16,18). The monoisotopic (exact) mass is 255 g/mol. The van der Waals surface area contributed by atoms with Gasteiger partial charge in [-0.15, -0.1) is 0 Å². The van der Waals surface area contributed by atoms with Crippen LogP contribution in [0.25, 0.3) is 0 Å². The number of nitrogens with one attached hydrogen (secondary N) is 2. The van der Waals surface area contributed by atoms with Gasteiger partial charge in [-0.25, -0.2) is 0 Å². The first kappa shape index (κ1) is 15.0. The first-order chi connectivity index (χ1) is 8.54. The molecule has 0 aromatic heterocycles. The van der Waals surface area contributed by atoms with Crippen LogP contribution in [-0.2, 0) is 9.59 Å². The molecule has 0 saturated heterocycles. The largest absolute Gasteiger partial charge is 0.352 e. The zero-order chi connectivity index (χ0) is 13.5. The van der Waals surface area contributed by atoms with E-state index in [4.69, 9.17) is 5.73 Å². The topological polar surface area (TPSA) is 84.2 Å². The second-order valence-corrected chi connectivity index (χ2v) is 5.35. The van der Waals surface area contributed by atoms with Crippen LogP contribution in [0.15, 0.2) is 0 Å². The summed E-state index contributed by atoms with van der Waals surface area (Å²) in [7, 11) is 0. The third kappa shape index (κ3) is 4.64. The predicted octanol–water partition coefficient (Wildman–Crippen LogP) is 0.392. The Bertz CT molecular complexity index is 292. The van der Waals surface area contributed by atoms with Crippen molar-refractivity contribution in [3.8, 4) is 0 Å². The van der Waals surface area contributed by atoms with Crippen LogP contribution in [0.1, 0.15) is 39.5 Å². The van der Waals surface area contributed by atoms with E-state index in [1.54, 1.807) is 0 Å². The molecule has 0 bridgehead atoms. The molecule has 0 aromatic carbocycles. The highest BCUT2D eigenvalue weighted by molar-refractivity contribution is 5.85. The molecule has 2 unspecified atom stereocenters. The fraction of sp³-hybridized carbons (Fsp3) is 0.846. The van der Waals surface area contributed by atoms with Crippen LogP contribution in [-0.4, -0.2) is 30.9 Å². The molecule has 2 atom stereocenters. The van der Waals surface area contributed by atoms with Crippen LogP contribution < -0.4 is 16.4 Å². The summed E-state index contributed by atoms with van der Waals surface area (Å²) in [6, 6.07) is 0.251. The van der Waals surface area contributed by atoms with Crippen molar-refractivity contribution < 1.29 is 9.59 Å². The highest BCUT2D eigenvalue weighted by Crippen LogP contribution is 2.29. The molecule has 1 saturated carbocycles. The van der Waals surface area contributed by atoms with Crippen LogP contribution in [0.4, 0.5) is 0 Å². The lowest BCUT2D eigenvalue weighted by Crippen LogP contribution is -2.48. The Balaban J connectivity index is 2.39. The van der Waals surface area contributed by atoms with E-state index in [9.17, 15) is 9.59 Å². The zero-order valence-corrected chi connectivity index (χ0v) is 11.4. The average molecular weight is 255 g/mol. The Morgan fingerprint density at radius 2 is 1.89 bits per heavy atom. The molecular formula is C13H25N3O2. The van der Waals surface area contributed by atoms with E-state index in [2.05, 4.69) is 24.5 Å². The van der Waals surface area contributed by atoms with E-state index in [0.717, 1.165) is 6.42 Å². The van der Waals surface area contributed by atoms with Crippen molar-refractivity contribution in [1.29, 1.82) is 0 Å². The Labute approximate surface area is 109 Å². The van der Waals surface area contributed by atoms with E-state index < -0.39 is 0 Å². The lowest BCUT2D eigenvalue weighted by molar-refractivity contribution is -0.126. The number of nitrogens with two attached hydrogens (primary N) is 1. The van der Waals surface area contributed by atoms with Gasteiger partial charge in [-0.3, -0.25) is 9.59 Å². The van der Waals surface area contributed by atoms with Crippen molar-refractivity contribution in [2.45, 2.75) is 45.6 Å². The van der Waals surface area contributed by atoms with Crippen LogP contribution in [0.5, 0.6) is 0 Å². The molecule has 2 amide bonds. The molecule has 1 fully saturated rings. The first-order valence-electron chi connectivity index (χ1n) is 6.80. The molecule has 1 rings (SSSR count). The fourth-order valence-electron chi connectivity index (χ4n) is 2.65. The summed E-state index contributed by atoms with van der Waals surface area (Å²) in [5, 5.41) is 5.53. The van der Waals surface area contributed by atoms with Gasteiger partial charge >= 0.3 is 0 Å². The summed E-state index contributed by atoms with van der Waals surface area (Å²) in [6.45, 7) is 4.35. The third-order valence-corrected chi connectivity index (χ3v) is 3.65. The molecular weight excluding hydrogens is 230 g/mol. The number of rotatable bonds is 5. The molecule has 18 heavy (non-hydrogen) atoms. The van der Waals surface area contributed by atoms with E-state index in [1.807, 2.05) is 0 Å². The fourth-order valence-corrected chi connectivity index (χ4v) is 2.65. The Kier molecular flexibility index (Phi) is 6.12. The Hall–Kier alpha value is -1.10. The highest BCUT2D eigenvalue weighted by atomic mass is 16.2. The number of hydrogen-bond acceptors (Lipinski definition) is 3. The zero-order valence-electron chi connectivity index (χ0n) is 11.4. The minimum Gasteiger partial charge on any atom is -0.352 e. The quantitative estimate of drug-likeness (QED) is 0.664. The predicted molar refractivity (Wildman–Crippen MR) is 70.8 cm³/mol. The van der Waals surface area contributed by atoms with Crippen molar-refractivity contribution in [3.05, 3.63) is 0 Å². The summed E-state index contributed by atoms with van der Waals surface area (Å²) in [5.41, 5.74) is 5.16. The molecule has 0 radical (unpaired) electrons. The average Bonchev–Trinajstić information content (AvgIpc) is 2.36. The van der Waals surface area contributed by atoms with Gasteiger partial charge in [0.25, 0.3) is 0 Å². The second-order valence-electron chi connectivity index (χ2n) is 5.35. The van der Waals surface area contributed by atoms with Gasteiger partial charge in [0, 0.05) is 6.04 Å². The first-order valence-corrected chi connectivity index (χ1v) is 6.80. The van der Waals surface area contributed by atoms with Crippen molar-refractivity contribution >= 4 is 11.8 Å². The van der Waals surface area contributed by atoms with E-state index in [-0.39, 0.29) is 30.9 Å². The summed E-state index contributed by atoms with van der Waals surface area (Å²) >= 11 is 0. The van der Waals surface area contributed by atoms with E-state index in [0.29, 0.717) is 11.8 Å². The molecule has 1 aliphatic rings. The normalized spacial score (nSPS) is 23.8. The molecule has 104 valence electrons. The van der Waals surface area contributed by atoms with E-state index in [1.165, 1.54) is 19.3 Å². The third-order valence-electron chi connectivity index (χ3n) is 3.65. The van der Waals surface area contributed by atoms with Crippen LogP contribution in [0.2, 0.25) is 0 Å². The maximum absolute atomic E-state index is 11.7. The maximum atomic E-state index is 11.7. The lowest BCUT2D eigenvalue weighted by atomic mass is 9.78. The Morgan fingerprint density at radius 3 is 2.50 bits per heavy atom. The second kappa shape index (κ2) is 7.36. The van der Waals surface area contributed by atoms with Gasteiger partial charge < -0.3 is 16.4 Å². The van der Waals surface area contributed by atoms with Crippen molar-refractivity contribution in [2.24, 2.45) is 17.6 Å². The van der Waals surface area contributed by atoms with Crippen LogP contribution in [0.3, 0.4) is 0 Å². The van der Waals surface area contributed by atoms with Gasteiger partial charge in [-0.2, -0.15) is 0 Å². The van der Waals surface area contributed by atoms with Gasteiger partial charge in [0.1, 0.15) is 0 Å². The molecule has 1 aliphatic carbocycles. The van der Waals surface area contributed by atoms with Crippen molar-refractivity contribution in [3.63, 3.8) is 0 Å². The molecule has 5 nitrogen and oxygen atoms in total. The molecule has 0 spiro atoms. The number of carbonyl (C=O) groups excluding carboxylic acids is 2. The summed E-state index contributed by atoms with van der Waals surface area (Å²) in [6.07, 6.45) is 4.64. The van der Waals surface area contributed by atoms with Crippen LogP contribution in [0, 0.1) is 11.8 Å². The van der Waals surface area contributed by atoms with Gasteiger partial charge in [0.15, 0.2) is 0 Å². The van der Waals surface area contributed by atoms with Gasteiger partial charge in [-0.05, 0) is 24.7 Å². The summed E-state index contributed by atoms with van der Waals surface area (Å²) < 4.78 is 0. The number of amides is 2. The smallest absolute Gasteiger partial charge is 0.239 e. The summed E-state index contributed by atoms with van der Waals surface area (Å²) in [5.74, 6) is 0.714. The highest BCUT2D eigenvalue weighted by Gasteiger charge is 2.28. The van der Waals surface area contributed by atoms with Gasteiger partial charge in [0.2, 0.25) is 11.8 Å². The minimum atomic E-state index is -0.297. The summed E-state index contributed by atoms with van der Waals surface area (Å²) in [4.78, 5) is 22.7. The molecule has 4 N–H and O–H groups in total. The molecule has 5 heteroatoms. The Morgan fingerprint density at radius 1 is 1.22 bits per heavy atom. The van der Waals surface area contributed by atoms with Crippen molar-refractivity contribution in [2.75, 3.05) is 13.1 Å². The van der Waals surface area contributed by atoms with Crippen molar-refractivity contribution in [1.82, 2.24) is 10.6 Å². The van der Waals surface area contributed by atoms with Gasteiger partial charge in [0.05, 0.1) is 13.1 Å². The molecule has 0 aromatic rings. The van der Waals surface area contributed by atoms with E-state index >= 15 is 0 Å². The number of carbonyl (C=O) groups is 2. The lowest BCUT2D eigenvalue weighted by Gasteiger charge is -2.34. The SMILES string of the molecule is CC(C)C1CCCCC1NC(=O)CNC(=O)CN. The van der Waals surface area contributed by atoms with Crippen LogP contribution >= 0.6 is 0 Å². The maximum Gasteiger partial charge on any atom is 0.239 e. The molecule has 0 aliphatic heterocycles. The minimum absolute atomic E-state index is 0.0251.